The Morgan fingerprint density at radius 1 is 1.30 bits per heavy atom. The maximum absolute atomic E-state index is 6.18. The highest BCUT2D eigenvalue weighted by molar-refractivity contribution is 6.30. The lowest BCUT2D eigenvalue weighted by molar-refractivity contribution is 0.161. The van der Waals surface area contributed by atoms with Crippen molar-refractivity contribution >= 4 is 11.6 Å². The Bertz CT molecular complexity index is 417. The topological polar surface area (TPSA) is 12.0 Å². The highest BCUT2D eigenvalue weighted by atomic mass is 35.5. The quantitative estimate of drug-likeness (QED) is 0.745. The molecular formula is C18H28ClN. The van der Waals surface area contributed by atoms with Crippen LogP contribution in [0.25, 0.3) is 0 Å². The van der Waals surface area contributed by atoms with Gasteiger partial charge in [-0.15, -0.1) is 0 Å². The first-order valence-corrected chi connectivity index (χ1v) is 8.38. The first-order valence-electron chi connectivity index (χ1n) is 8.01. The van der Waals surface area contributed by atoms with E-state index < -0.39 is 0 Å². The van der Waals surface area contributed by atoms with Crippen molar-refractivity contribution in [3.63, 3.8) is 0 Å². The fourth-order valence-corrected chi connectivity index (χ4v) is 3.51. The van der Waals surface area contributed by atoms with E-state index in [0.29, 0.717) is 11.5 Å². The highest BCUT2D eigenvalue weighted by Gasteiger charge is 2.31. The maximum Gasteiger partial charge on any atom is 0.0409 e. The van der Waals surface area contributed by atoms with E-state index in [-0.39, 0.29) is 0 Å². The minimum absolute atomic E-state index is 0.463. The lowest BCUT2D eigenvalue weighted by Crippen LogP contribution is -2.33. The molecule has 112 valence electrons. The molecule has 2 heteroatoms. The van der Waals surface area contributed by atoms with Crippen LogP contribution in [0.2, 0.25) is 5.02 Å². The van der Waals surface area contributed by atoms with Crippen molar-refractivity contribution in [2.24, 2.45) is 11.3 Å². The van der Waals surface area contributed by atoms with E-state index >= 15 is 0 Å². The molecule has 1 atom stereocenters. The predicted molar refractivity (Wildman–Crippen MR) is 88.2 cm³/mol. The SMILES string of the molecule is CCCNC(c1cccc(Cl)c1)C1CCC(C)(C)CC1. The second kappa shape index (κ2) is 6.95. The Labute approximate surface area is 129 Å². The van der Waals surface area contributed by atoms with Crippen LogP contribution >= 0.6 is 11.6 Å². The van der Waals surface area contributed by atoms with Crippen LogP contribution in [0.15, 0.2) is 24.3 Å². The molecule has 1 saturated carbocycles. The average molecular weight is 294 g/mol. The number of hydrogen-bond donors (Lipinski definition) is 1. The number of benzene rings is 1. The summed E-state index contributed by atoms with van der Waals surface area (Å²) in [4.78, 5) is 0. The van der Waals surface area contributed by atoms with Crippen molar-refractivity contribution in [1.82, 2.24) is 5.32 Å². The zero-order chi connectivity index (χ0) is 14.6. The van der Waals surface area contributed by atoms with E-state index in [0.717, 1.165) is 17.5 Å². The fourth-order valence-electron chi connectivity index (χ4n) is 3.31. The van der Waals surface area contributed by atoms with Gasteiger partial charge in [0.15, 0.2) is 0 Å². The minimum atomic E-state index is 0.463. The predicted octanol–water partition coefficient (Wildman–Crippen LogP) is 5.60. The van der Waals surface area contributed by atoms with Gasteiger partial charge in [-0.05, 0) is 67.7 Å². The summed E-state index contributed by atoms with van der Waals surface area (Å²) >= 11 is 6.18. The van der Waals surface area contributed by atoms with Crippen LogP contribution in [-0.4, -0.2) is 6.54 Å². The molecule has 1 aliphatic carbocycles. The summed E-state index contributed by atoms with van der Waals surface area (Å²) in [6, 6.07) is 8.86. The van der Waals surface area contributed by atoms with Gasteiger partial charge in [0, 0.05) is 11.1 Å². The van der Waals surface area contributed by atoms with Gasteiger partial charge in [0.1, 0.15) is 0 Å². The van der Waals surface area contributed by atoms with E-state index in [1.807, 2.05) is 6.07 Å². The Hall–Kier alpha value is -0.530. The lowest BCUT2D eigenvalue weighted by Gasteiger charge is -2.38. The molecule has 1 nitrogen and oxygen atoms in total. The normalized spacial score (nSPS) is 20.8. The van der Waals surface area contributed by atoms with E-state index in [1.165, 1.54) is 37.7 Å². The van der Waals surface area contributed by atoms with Crippen LogP contribution < -0.4 is 5.32 Å². The lowest BCUT2D eigenvalue weighted by atomic mass is 9.70. The van der Waals surface area contributed by atoms with Gasteiger partial charge < -0.3 is 5.32 Å². The van der Waals surface area contributed by atoms with Gasteiger partial charge in [-0.2, -0.15) is 0 Å². The smallest absolute Gasteiger partial charge is 0.0409 e. The molecule has 0 radical (unpaired) electrons. The fraction of sp³-hybridized carbons (Fsp3) is 0.667. The summed E-state index contributed by atoms with van der Waals surface area (Å²) in [5.41, 5.74) is 1.89. The van der Waals surface area contributed by atoms with Crippen LogP contribution in [-0.2, 0) is 0 Å². The van der Waals surface area contributed by atoms with Crippen molar-refractivity contribution < 1.29 is 0 Å². The first kappa shape index (κ1) is 15.9. The monoisotopic (exact) mass is 293 g/mol. The zero-order valence-electron chi connectivity index (χ0n) is 13.1. The molecule has 1 aliphatic rings. The van der Waals surface area contributed by atoms with Crippen LogP contribution in [0.1, 0.15) is 64.5 Å². The van der Waals surface area contributed by atoms with Gasteiger partial charge in [0.25, 0.3) is 0 Å². The van der Waals surface area contributed by atoms with E-state index in [1.54, 1.807) is 0 Å². The molecule has 0 saturated heterocycles. The second-order valence-electron chi connectivity index (χ2n) is 6.99. The second-order valence-corrected chi connectivity index (χ2v) is 7.42. The standard InChI is InChI=1S/C18H28ClN/c1-4-12-20-17(15-6-5-7-16(19)13-15)14-8-10-18(2,3)11-9-14/h5-7,13-14,17,20H,4,8-12H2,1-3H3. The van der Waals surface area contributed by atoms with Gasteiger partial charge >= 0.3 is 0 Å². The van der Waals surface area contributed by atoms with Crippen LogP contribution in [0.5, 0.6) is 0 Å². The van der Waals surface area contributed by atoms with Gasteiger partial charge in [0.2, 0.25) is 0 Å². The Balaban J connectivity index is 2.11. The molecule has 2 rings (SSSR count). The van der Waals surface area contributed by atoms with Crippen molar-refractivity contribution in [3.8, 4) is 0 Å². The summed E-state index contributed by atoms with van der Waals surface area (Å²) in [5, 5.41) is 4.60. The van der Waals surface area contributed by atoms with E-state index in [2.05, 4.69) is 44.3 Å². The summed E-state index contributed by atoms with van der Waals surface area (Å²) in [6.07, 6.45) is 6.49. The molecule has 1 N–H and O–H groups in total. The summed E-state index contributed by atoms with van der Waals surface area (Å²) < 4.78 is 0. The number of hydrogen-bond acceptors (Lipinski definition) is 1. The van der Waals surface area contributed by atoms with Crippen molar-refractivity contribution in [1.29, 1.82) is 0 Å². The largest absolute Gasteiger partial charge is 0.310 e. The number of halogens is 1. The van der Waals surface area contributed by atoms with Crippen LogP contribution in [0, 0.1) is 11.3 Å². The highest BCUT2D eigenvalue weighted by Crippen LogP contribution is 2.42. The Morgan fingerprint density at radius 3 is 2.60 bits per heavy atom. The van der Waals surface area contributed by atoms with E-state index in [4.69, 9.17) is 11.6 Å². The molecule has 0 aliphatic heterocycles. The molecular weight excluding hydrogens is 266 g/mol. The third-order valence-electron chi connectivity index (χ3n) is 4.68. The van der Waals surface area contributed by atoms with Crippen LogP contribution in [0.3, 0.4) is 0 Å². The van der Waals surface area contributed by atoms with Gasteiger partial charge in [-0.25, -0.2) is 0 Å². The number of nitrogens with one attached hydrogen (secondary N) is 1. The van der Waals surface area contributed by atoms with Gasteiger partial charge in [-0.3, -0.25) is 0 Å². The molecule has 0 aromatic heterocycles. The van der Waals surface area contributed by atoms with Gasteiger partial charge in [0.05, 0.1) is 0 Å². The number of rotatable bonds is 5. The van der Waals surface area contributed by atoms with E-state index in [9.17, 15) is 0 Å². The van der Waals surface area contributed by atoms with Crippen molar-refractivity contribution in [2.75, 3.05) is 6.54 Å². The molecule has 1 aromatic carbocycles. The van der Waals surface area contributed by atoms with Crippen LogP contribution in [0.4, 0.5) is 0 Å². The first-order chi connectivity index (χ1) is 9.52. The molecule has 0 heterocycles. The minimum Gasteiger partial charge on any atom is -0.310 e. The third-order valence-corrected chi connectivity index (χ3v) is 4.91. The molecule has 20 heavy (non-hydrogen) atoms. The molecule has 1 fully saturated rings. The third kappa shape index (κ3) is 4.23. The molecule has 1 aromatic rings. The Morgan fingerprint density at radius 2 is 2.00 bits per heavy atom. The zero-order valence-corrected chi connectivity index (χ0v) is 13.8. The van der Waals surface area contributed by atoms with Gasteiger partial charge in [-0.1, -0.05) is 44.5 Å². The maximum atomic E-state index is 6.18. The molecule has 0 spiro atoms. The van der Waals surface area contributed by atoms with Crippen molar-refractivity contribution in [3.05, 3.63) is 34.9 Å². The molecule has 0 bridgehead atoms. The Kier molecular flexibility index (Phi) is 5.51. The summed E-state index contributed by atoms with van der Waals surface area (Å²) in [5.74, 6) is 0.744. The summed E-state index contributed by atoms with van der Waals surface area (Å²) in [6.45, 7) is 8.11. The summed E-state index contributed by atoms with van der Waals surface area (Å²) in [7, 11) is 0. The molecule has 1 unspecified atom stereocenters. The van der Waals surface area contributed by atoms with Crippen molar-refractivity contribution in [2.45, 2.75) is 58.9 Å². The average Bonchev–Trinajstić information content (AvgIpc) is 2.41. The molecule has 0 amide bonds.